The third-order valence-electron chi connectivity index (χ3n) is 4.92. The Labute approximate surface area is 154 Å². The molecule has 4 heterocycles. The third kappa shape index (κ3) is 3.59. The zero-order chi connectivity index (χ0) is 17.7. The molecule has 0 bridgehead atoms. The molecule has 4 rings (SSSR count). The molecule has 0 saturated carbocycles. The molecule has 0 radical (unpaired) electrons. The quantitative estimate of drug-likeness (QED) is 0.798. The van der Waals surface area contributed by atoms with Gasteiger partial charge in [0.05, 0.1) is 35.0 Å². The van der Waals surface area contributed by atoms with E-state index in [2.05, 4.69) is 37.5 Å². The number of ether oxygens (including phenoxy) is 2. The number of morpholine rings is 2. The second kappa shape index (κ2) is 6.28. The third-order valence-corrected chi connectivity index (χ3v) is 6.04. The Hall–Kier alpha value is -1.05. The van der Waals surface area contributed by atoms with E-state index in [-0.39, 0.29) is 11.2 Å². The molecule has 0 atom stereocenters. The molecule has 0 spiro atoms. The molecule has 1 aromatic rings. The van der Waals surface area contributed by atoms with Crippen molar-refractivity contribution in [2.75, 3.05) is 54.9 Å². The van der Waals surface area contributed by atoms with Gasteiger partial charge in [0, 0.05) is 38.4 Å². The standard InChI is InChI=1S/C18H28N4O2S/c1-17(2)11-21(6-8-23-17)15-14-13(5-10-25-14)19-16(20-15)22-7-9-24-18(3,4)12-22/h5-12H2,1-4H3. The van der Waals surface area contributed by atoms with Gasteiger partial charge in [-0.25, -0.2) is 4.98 Å². The van der Waals surface area contributed by atoms with Crippen LogP contribution in [0.5, 0.6) is 0 Å². The molecular weight excluding hydrogens is 336 g/mol. The van der Waals surface area contributed by atoms with E-state index in [0.29, 0.717) is 0 Å². The van der Waals surface area contributed by atoms with Gasteiger partial charge in [-0.1, -0.05) is 0 Å². The average molecular weight is 365 g/mol. The van der Waals surface area contributed by atoms with Gasteiger partial charge in [0.25, 0.3) is 0 Å². The summed E-state index contributed by atoms with van der Waals surface area (Å²) in [5.74, 6) is 3.06. The summed E-state index contributed by atoms with van der Waals surface area (Å²) in [5.41, 5.74) is 0.912. The average Bonchev–Trinajstić information content (AvgIpc) is 3.00. The van der Waals surface area contributed by atoms with E-state index in [1.54, 1.807) is 0 Å². The number of hydrogen-bond donors (Lipinski definition) is 0. The second-order valence-corrected chi connectivity index (χ2v) is 9.39. The lowest BCUT2D eigenvalue weighted by Gasteiger charge is -2.40. The molecule has 0 aliphatic carbocycles. The van der Waals surface area contributed by atoms with Crippen molar-refractivity contribution in [2.24, 2.45) is 0 Å². The highest BCUT2D eigenvalue weighted by Crippen LogP contribution is 2.39. The summed E-state index contributed by atoms with van der Waals surface area (Å²) in [6, 6.07) is 0. The fourth-order valence-corrected chi connectivity index (χ4v) is 4.90. The van der Waals surface area contributed by atoms with Gasteiger partial charge in [-0.3, -0.25) is 0 Å². The zero-order valence-electron chi connectivity index (χ0n) is 15.7. The highest BCUT2D eigenvalue weighted by atomic mass is 32.2. The minimum Gasteiger partial charge on any atom is -0.372 e. The molecule has 0 N–H and O–H groups in total. The van der Waals surface area contributed by atoms with Crippen molar-refractivity contribution in [3.8, 4) is 0 Å². The fraction of sp³-hybridized carbons (Fsp3) is 0.778. The lowest BCUT2D eigenvalue weighted by Crippen LogP contribution is -2.50. The van der Waals surface area contributed by atoms with E-state index >= 15 is 0 Å². The molecule has 3 aliphatic heterocycles. The van der Waals surface area contributed by atoms with Crippen LogP contribution < -0.4 is 9.80 Å². The number of rotatable bonds is 2. The van der Waals surface area contributed by atoms with Gasteiger partial charge < -0.3 is 19.3 Å². The van der Waals surface area contributed by atoms with Crippen molar-refractivity contribution in [1.29, 1.82) is 0 Å². The van der Waals surface area contributed by atoms with Crippen LogP contribution in [0.2, 0.25) is 0 Å². The first-order valence-electron chi connectivity index (χ1n) is 9.15. The molecule has 2 saturated heterocycles. The van der Waals surface area contributed by atoms with Crippen LogP contribution in [-0.2, 0) is 15.9 Å². The summed E-state index contributed by atoms with van der Waals surface area (Å²) < 4.78 is 11.7. The van der Waals surface area contributed by atoms with Gasteiger partial charge in [0.2, 0.25) is 5.95 Å². The van der Waals surface area contributed by atoms with Crippen LogP contribution in [0.3, 0.4) is 0 Å². The van der Waals surface area contributed by atoms with Gasteiger partial charge in [-0.05, 0) is 27.7 Å². The van der Waals surface area contributed by atoms with E-state index in [9.17, 15) is 0 Å². The lowest BCUT2D eigenvalue weighted by molar-refractivity contribution is -0.0284. The van der Waals surface area contributed by atoms with Gasteiger partial charge in [0.15, 0.2) is 0 Å². The van der Waals surface area contributed by atoms with E-state index in [0.717, 1.165) is 63.3 Å². The summed E-state index contributed by atoms with van der Waals surface area (Å²) >= 11 is 1.89. The van der Waals surface area contributed by atoms with E-state index in [1.165, 1.54) is 10.6 Å². The molecule has 2 fully saturated rings. The van der Waals surface area contributed by atoms with Crippen molar-refractivity contribution in [3.05, 3.63) is 5.69 Å². The summed E-state index contributed by atoms with van der Waals surface area (Å²) in [5, 5.41) is 0. The maximum absolute atomic E-state index is 5.89. The molecule has 6 nitrogen and oxygen atoms in total. The van der Waals surface area contributed by atoms with Crippen LogP contribution in [-0.4, -0.2) is 66.3 Å². The van der Waals surface area contributed by atoms with Crippen molar-refractivity contribution < 1.29 is 9.47 Å². The van der Waals surface area contributed by atoms with Crippen molar-refractivity contribution >= 4 is 23.5 Å². The highest BCUT2D eigenvalue weighted by molar-refractivity contribution is 7.99. The molecule has 0 aromatic carbocycles. The van der Waals surface area contributed by atoms with Crippen molar-refractivity contribution in [2.45, 2.75) is 50.2 Å². The SMILES string of the molecule is CC1(C)CN(c2nc3c(c(N4CCOC(C)(C)C4)n2)SCC3)CCO1. The number of aromatic nitrogens is 2. The molecule has 25 heavy (non-hydrogen) atoms. The Morgan fingerprint density at radius 1 is 0.920 bits per heavy atom. The van der Waals surface area contributed by atoms with Gasteiger partial charge in [-0.2, -0.15) is 4.98 Å². The molecular formula is C18H28N4O2S. The van der Waals surface area contributed by atoms with Crippen LogP contribution in [0.15, 0.2) is 4.90 Å². The Bertz CT molecular complexity index is 665. The fourth-order valence-electron chi connectivity index (χ4n) is 3.78. The largest absolute Gasteiger partial charge is 0.372 e. The van der Waals surface area contributed by atoms with E-state index < -0.39 is 0 Å². The molecule has 0 amide bonds. The predicted molar refractivity (Wildman–Crippen MR) is 101 cm³/mol. The van der Waals surface area contributed by atoms with Crippen LogP contribution in [0, 0.1) is 0 Å². The number of aryl methyl sites for hydroxylation is 1. The van der Waals surface area contributed by atoms with Gasteiger partial charge in [-0.15, -0.1) is 11.8 Å². The molecule has 7 heteroatoms. The Morgan fingerprint density at radius 3 is 2.24 bits per heavy atom. The maximum atomic E-state index is 5.89. The summed E-state index contributed by atoms with van der Waals surface area (Å²) in [6.07, 6.45) is 1.03. The number of thioether (sulfide) groups is 1. The molecule has 138 valence electrons. The number of anilines is 2. The minimum atomic E-state index is -0.156. The number of hydrogen-bond acceptors (Lipinski definition) is 7. The number of fused-ring (bicyclic) bond motifs is 1. The van der Waals surface area contributed by atoms with Crippen LogP contribution in [0.25, 0.3) is 0 Å². The summed E-state index contributed by atoms with van der Waals surface area (Å²) in [6.45, 7) is 13.5. The summed E-state index contributed by atoms with van der Waals surface area (Å²) in [7, 11) is 0. The van der Waals surface area contributed by atoms with Crippen LogP contribution >= 0.6 is 11.8 Å². The minimum absolute atomic E-state index is 0.138. The lowest BCUT2D eigenvalue weighted by atomic mass is 10.1. The Balaban J connectivity index is 1.68. The van der Waals surface area contributed by atoms with E-state index in [1.807, 2.05) is 11.8 Å². The second-order valence-electron chi connectivity index (χ2n) is 8.28. The molecule has 0 unspecified atom stereocenters. The first kappa shape index (κ1) is 17.4. The Kier molecular flexibility index (Phi) is 4.37. The molecule has 1 aromatic heterocycles. The van der Waals surface area contributed by atoms with Gasteiger partial charge >= 0.3 is 0 Å². The van der Waals surface area contributed by atoms with Gasteiger partial charge in [0.1, 0.15) is 5.82 Å². The van der Waals surface area contributed by atoms with Crippen molar-refractivity contribution in [1.82, 2.24) is 9.97 Å². The van der Waals surface area contributed by atoms with Crippen LogP contribution in [0.4, 0.5) is 11.8 Å². The summed E-state index contributed by atoms with van der Waals surface area (Å²) in [4.78, 5) is 15.9. The highest BCUT2D eigenvalue weighted by Gasteiger charge is 2.34. The zero-order valence-corrected chi connectivity index (χ0v) is 16.5. The predicted octanol–water partition coefficient (Wildman–Crippen LogP) is 2.36. The topological polar surface area (TPSA) is 50.7 Å². The normalized spacial score (nSPS) is 25.1. The van der Waals surface area contributed by atoms with Crippen LogP contribution in [0.1, 0.15) is 33.4 Å². The van der Waals surface area contributed by atoms with Crippen molar-refractivity contribution in [3.63, 3.8) is 0 Å². The van der Waals surface area contributed by atoms with E-state index in [4.69, 9.17) is 19.4 Å². The monoisotopic (exact) mass is 364 g/mol. The first-order chi connectivity index (χ1) is 11.8. The Morgan fingerprint density at radius 2 is 1.56 bits per heavy atom. The smallest absolute Gasteiger partial charge is 0.227 e. The maximum Gasteiger partial charge on any atom is 0.227 e. The first-order valence-corrected chi connectivity index (χ1v) is 10.1. The number of nitrogens with zero attached hydrogens (tertiary/aromatic N) is 4. The molecule has 3 aliphatic rings.